The van der Waals surface area contributed by atoms with Crippen molar-refractivity contribution in [2.75, 3.05) is 19.8 Å². The third-order valence-electron chi connectivity index (χ3n) is 2.89. The number of carbonyl (C=O) groups excluding carboxylic acids is 1. The fraction of sp³-hybridized carbons (Fsp3) is 0.500. The molecule has 0 unspecified atom stereocenters. The molecular weight excluding hydrogens is 244 g/mol. The first kappa shape index (κ1) is 13.7. The highest BCUT2D eigenvalue weighted by atomic mass is 16.6. The predicted octanol–water partition coefficient (Wildman–Crippen LogP) is 0.854. The number of hydrogen-bond acceptors (Lipinski definition) is 4. The van der Waals surface area contributed by atoms with Crippen LogP contribution in [0.5, 0.6) is 11.5 Å². The van der Waals surface area contributed by atoms with Crippen LogP contribution in [0.15, 0.2) is 18.2 Å². The monoisotopic (exact) mass is 264 g/mol. The topological polar surface area (TPSA) is 73.6 Å². The van der Waals surface area contributed by atoms with Gasteiger partial charge in [0.05, 0.1) is 5.54 Å². The van der Waals surface area contributed by atoms with Crippen molar-refractivity contribution in [2.45, 2.75) is 25.8 Å². The number of carbonyl (C=O) groups is 1. The van der Waals surface area contributed by atoms with Gasteiger partial charge < -0.3 is 20.5 Å². The van der Waals surface area contributed by atoms with Crippen LogP contribution in [0, 0.1) is 0 Å². The molecule has 0 aliphatic carbocycles. The van der Waals surface area contributed by atoms with E-state index in [9.17, 15) is 4.79 Å². The van der Waals surface area contributed by atoms with Gasteiger partial charge in [-0.05, 0) is 38.0 Å². The molecule has 2 rings (SSSR count). The maximum absolute atomic E-state index is 11.6. The molecule has 1 aromatic rings. The normalized spacial score (nSPS) is 14.1. The molecule has 5 heteroatoms. The molecule has 0 spiro atoms. The molecule has 3 N–H and O–H groups in total. The van der Waals surface area contributed by atoms with Crippen molar-refractivity contribution in [3.8, 4) is 11.5 Å². The first-order valence-electron chi connectivity index (χ1n) is 6.42. The fourth-order valence-electron chi connectivity index (χ4n) is 1.79. The van der Waals surface area contributed by atoms with E-state index in [1.165, 1.54) is 0 Å². The van der Waals surface area contributed by atoms with Gasteiger partial charge in [-0.15, -0.1) is 0 Å². The average Bonchev–Trinajstić information content (AvgIpc) is 2.37. The van der Waals surface area contributed by atoms with Gasteiger partial charge in [0.15, 0.2) is 11.5 Å². The van der Waals surface area contributed by atoms with Crippen molar-refractivity contribution < 1.29 is 14.3 Å². The number of rotatable bonds is 4. The Hall–Kier alpha value is -1.75. The fourth-order valence-corrected chi connectivity index (χ4v) is 1.79. The number of fused-ring (bicyclic) bond motifs is 1. The summed E-state index contributed by atoms with van der Waals surface area (Å²) in [6, 6.07) is 5.83. The van der Waals surface area contributed by atoms with Gasteiger partial charge in [-0.2, -0.15) is 0 Å². The molecule has 104 valence electrons. The second-order valence-corrected chi connectivity index (χ2v) is 5.21. The smallest absolute Gasteiger partial charge is 0.239 e. The number of nitrogens with one attached hydrogen (secondary N) is 1. The van der Waals surface area contributed by atoms with Crippen LogP contribution in [0.4, 0.5) is 0 Å². The largest absolute Gasteiger partial charge is 0.486 e. The van der Waals surface area contributed by atoms with Gasteiger partial charge in [0.25, 0.3) is 0 Å². The van der Waals surface area contributed by atoms with Crippen molar-refractivity contribution >= 4 is 5.91 Å². The molecule has 0 radical (unpaired) electrons. The Balaban J connectivity index is 1.88. The number of hydrogen-bond donors (Lipinski definition) is 2. The Kier molecular flexibility index (Phi) is 3.95. The van der Waals surface area contributed by atoms with Crippen LogP contribution in [0.3, 0.4) is 0 Å². The van der Waals surface area contributed by atoms with E-state index in [2.05, 4.69) is 5.32 Å². The zero-order chi connectivity index (χ0) is 13.9. The number of nitrogens with two attached hydrogens (primary N) is 1. The minimum absolute atomic E-state index is 0.148. The van der Waals surface area contributed by atoms with Crippen LogP contribution in [0.2, 0.25) is 0 Å². The van der Waals surface area contributed by atoms with E-state index < -0.39 is 5.54 Å². The standard InChI is InChI=1S/C14H20N2O3/c1-14(2,15)13(17)16-6-5-10-3-4-11-12(9-10)19-8-7-18-11/h3-4,9H,5-8,15H2,1-2H3,(H,16,17). The Morgan fingerprint density at radius 1 is 1.32 bits per heavy atom. The quantitative estimate of drug-likeness (QED) is 0.845. The number of ether oxygens (including phenoxy) is 2. The van der Waals surface area contributed by atoms with Crippen LogP contribution in [-0.4, -0.2) is 31.2 Å². The maximum atomic E-state index is 11.6. The van der Waals surface area contributed by atoms with Crippen LogP contribution in [0.1, 0.15) is 19.4 Å². The lowest BCUT2D eigenvalue weighted by molar-refractivity contribution is -0.125. The molecule has 0 saturated heterocycles. The molecule has 0 saturated carbocycles. The minimum Gasteiger partial charge on any atom is -0.486 e. The van der Waals surface area contributed by atoms with Crippen LogP contribution >= 0.6 is 0 Å². The summed E-state index contributed by atoms with van der Waals surface area (Å²) in [5.74, 6) is 1.40. The summed E-state index contributed by atoms with van der Waals surface area (Å²) < 4.78 is 11.0. The highest BCUT2D eigenvalue weighted by molar-refractivity contribution is 5.84. The van der Waals surface area contributed by atoms with Gasteiger partial charge in [-0.25, -0.2) is 0 Å². The summed E-state index contributed by atoms with van der Waals surface area (Å²) in [4.78, 5) is 11.6. The van der Waals surface area contributed by atoms with Crippen molar-refractivity contribution in [1.29, 1.82) is 0 Å². The summed E-state index contributed by atoms with van der Waals surface area (Å²) >= 11 is 0. The van der Waals surface area contributed by atoms with Crippen molar-refractivity contribution in [3.05, 3.63) is 23.8 Å². The second kappa shape index (κ2) is 5.48. The molecule has 1 aromatic carbocycles. The van der Waals surface area contributed by atoms with Crippen molar-refractivity contribution in [2.24, 2.45) is 5.73 Å². The lowest BCUT2D eigenvalue weighted by atomic mass is 10.1. The Morgan fingerprint density at radius 3 is 2.68 bits per heavy atom. The summed E-state index contributed by atoms with van der Waals surface area (Å²) in [5, 5.41) is 2.82. The molecule has 19 heavy (non-hydrogen) atoms. The summed E-state index contributed by atoms with van der Waals surface area (Å²) in [7, 11) is 0. The molecule has 1 heterocycles. The van der Waals surface area contributed by atoms with E-state index in [1.807, 2.05) is 18.2 Å². The zero-order valence-corrected chi connectivity index (χ0v) is 11.4. The van der Waals surface area contributed by atoms with E-state index >= 15 is 0 Å². The first-order valence-corrected chi connectivity index (χ1v) is 6.42. The van der Waals surface area contributed by atoms with Crippen LogP contribution < -0.4 is 20.5 Å². The summed E-state index contributed by atoms with van der Waals surface area (Å²) in [6.45, 7) is 5.10. The van der Waals surface area contributed by atoms with Gasteiger partial charge in [0.1, 0.15) is 13.2 Å². The van der Waals surface area contributed by atoms with E-state index in [4.69, 9.17) is 15.2 Å². The molecule has 1 aliphatic heterocycles. The van der Waals surface area contributed by atoms with Gasteiger partial charge in [0, 0.05) is 6.54 Å². The van der Waals surface area contributed by atoms with Gasteiger partial charge >= 0.3 is 0 Å². The van der Waals surface area contributed by atoms with E-state index in [0.717, 1.165) is 23.5 Å². The minimum atomic E-state index is -0.840. The average molecular weight is 264 g/mol. The third-order valence-corrected chi connectivity index (χ3v) is 2.89. The molecule has 1 aliphatic rings. The summed E-state index contributed by atoms with van der Waals surface area (Å²) in [5.41, 5.74) is 5.96. The highest BCUT2D eigenvalue weighted by Gasteiger charge is 2.21. The Morgan fingerprint density at radius 2 is 2.00 bits per heavy atom. The molecule has 1 amide bonds. The first-order chi connectivity index (χ1) is 8.97. The van der Waals surface area contributed by atoms with Crippen molar-refractivity contribution in [1.82, 2.24) is 5.32 Å². The van der Waals surface area contributed by atoms with Gasteiger partial charge in [-0.3, -0.25) is 4.79 Å². The van der Waals surface area contributed by atoms with Crippen LogP contribution in [-0.2, 0) is 11.2 Å². The maximum Gasteiger partial charge on any atom is 0.239 e. The Labute approximate surface area is 113 Å². The second-order valence-electron chi connectivity index (χ2n) is 5.21. The van der Waals surface area contributed by atoms with Gasteiger partial charge in [0.2, 0.25) is 5.91 Å². The number of amides is 1. The predicted molar refractivity (Wildman–Crippen MR) is 72.4 cm³/mol. The molecule has 0 fully saturated rings. The lowest BCUT2D eigenvalue weighted by Crippen LogP contribution is -2.49. The third kappa shape index (κ3) is 3.61. The van der Waals surface area contributed by atoms with Gasteiger partial charge in [-0.1, -0.05) is 6.07 Å². The van der Waals surface area contributed by atoms with E-state index in [1.54, 1.807) is 13.8 Å². The van der Waals surface area contributed by atoms with E-state index in [-0.39, 0.29) is 5.91 Å². The molecule has 5 nitrogen and oxygen atoms in total. The SMILES string of the molecule is CC(C)(N)C(=O)NCCc1ccc2c(c1)OCCO2. The zero-order valence-electron chi connectivity index (χ0n) is 11.4. The van der Waals surface area contributed by atoms with Crippen LogP contribution in [0.25, 0.3) is 0 Å². The Bertz CT molecular complexity index is 466. The number of benzene rings is 1. The lowest BCUT2D eigenvalue weighted by Gasteiger charge is -2.19. The summed E-state index contributed by atoms with van der Waals surface area (Å²) in [6.07, 6.45) is 0.735. The molecule has 0 aromatic heterocycles. The molecule has 0 atom stereocenters. The molecule has 0 bridgehead atoms. The molecular formula is C14H20N2O3. The van der Waals surface area contributed by atoms with Crippen molar-refractivity contribution in [3.63, 3.8) is 0 Å². The van der Waals surface area contributed by atoms with E-state index in [0.29, 0.717) is 19.8 Å². The highest BCUT2D eigenvalue weighted by Crippen LogP contribution is 2.30.